The number of thioether (sulfide) groups is 1. The van der Waals surface area contributed by atoms with Crippen molar-refractivity contribution in [2.75, 3.05) is 25.9 Å². The number of imidazole rings is 1. The molecule has 0 bridgehead atoms. The van der Waals surface area contributed by atoms with E-state index in [-0.39, 0.29) is 24.1 Å². The van der Waals surface area contributed by atoms with Gasteiger partial charge in [-0.15, -0.1) is 0 Å². The van der Waals surface area contributed by atoms with Crippen molar-refractivity contribution >= 4 is 23.6 Å². The van der Waals surface area contributed by atoms with Gasteiger partial charge in [0, 0.05) is 24.7 Å². The summed E-state index contributed by atoms with van der Waals surface area (Å²) >= 11 is 1.35. The molecule has 3 rings (SSSR count). The molecule has 0 saturated carbocycles. The van der Waals surface area contributed by atoms with Crippen LogP contribution in [0.15, 0.2) is 65.8 Å². The van der Waals surface area contributed by atoms with Crippen LogP contribution in [0.4, 0.5) is 0 Å². The van der Waals surface area contributed by atoms with Crippen LogP contribution in [0, 0.1) is 0 Å². The Kier molecular flexibility index (Phi) is 10.2. The number of carbonyl (C=O) groups excluding carboxylic acids is 2. The molecule has 0 aliphatic heterocycles. The standard InChI is InChI=1S/C27H34N4O2S/c1-3-4-5-6-13-18-28-23(32)19-31(2)24(33)20-34-27-29-25(21-14-9-7-10-15-21)26(30-27)22-16-11-8-12-17-22/h7-12,14-17H,3-6,13,18-20H2,1-2H3,(H,28,32)(H,29,30). The predicted molar refractivity (Wildman–Crippen MR) is 140 cm³/mol. The van der Waals surface area contributed by atoms with Gasteiger partial charge in [0.25, 0.3) is 0 Å². The molecule has 0 fully saturated rings. The molecule has 0 atom stereocenters. The lowest BCUT2D eigenvalue weighted by atomic mass is 10.1. The molecule has 0 spiro atoms. The Morgan fingerprint density at radius 2 is 1.59 bits per heavy atom. The summed E-state index contributed by atoms with van der Waals surface area (Å²) in [5, 5.41) is 3.58. The minimum atomic E-state index is -0.118. The maximum atomic E-state index is 12.6. The maximum absolute atomic E-state index is 12.6. The van der Waals surface area contributed by atoms with Crippen LogP contribution < -0.4 is 5.32 Å². The summed E-state index contributed by atoms with van der Waals surface area (Å²) in [6.07, 6.45) is 5.74. The van der Waals surface area contributed by atoms with E-state index >= 15 is 0 Å². The smallest absolute Gasteiger partial charge is 0.239 e. The lowest BCUT2D eigenvalue weighted by molar-refractivity contribution is -0.132. The van der Waals surface area contributed by atoms with Gasteiger partial charge in [0.15, 0.2) is 5.16 Å². The molecule has 0 unspecified atom stereocenters. The Balaban J connectivity index is 1.55. The van der Waals surface area contributed by atoms with E-state index in [1.54, 1.807) is 7.05 Å². The summed E-state index contributed by atoms with van der Waals surface area (Å²) in [4.78, 5) is 34.4. The minimum Gasteiger partial charge on any atom is -0.355 e. The van der Waals surface area contributed by atoms with E-state index in [1.807, 2.05) is 60.7 Å². The number of unbranched alkanes of at least 4 members (excludes halogenated alkanes) is 4. The molecule has 3 aromatic rings. The van der Waals surface area contributed by atoms with Crippen molar-refractivity contribution in [1.82, 2.24) is 20.2 Å². The fraction of sp³-hybridized carbons (Fsp3) is 0.370. The second kappa shape index (κ2) is 13.6. The molecule has 180 valence electrons. The third kappa shape index (κ3) is 7.76. The summed E-state index contributed by atoms with van der Waals surface area (Å²) in [6, 6.07) is 20.0. The molecular weight excluding hydrogens is 444 g/mol. The van der Waals surface area contributed by atoms with Gasteiger partial charge in [-0.1, -0.05) is 105 Å². The predicted octanol–water partition coefficient (Wildman–Crippen LogP) is 5.38. The van der Waals surface area contributed by atoms with Gasteiger partial charge in [0.05, 0.1) is 23.7 Å². The lowest BCUT2D eigenvalue weighted by Crippen LogP contribution is -2.39. The van der Waals surface area contributed by atoms with E-state index in [4.69, 9.17) is 4.98 Å². The Labute approximate surface area is 206 Å². The number of aromatic nitrogens is 2. The number of H-pyrrole nitrogens is 1. The molecule has 2 N–H and O–H groups in total. The second-order valence-electron chi connectivity index (χ2n) is 8.30. The Bertz CT molecular complexity index is 980. The Hall–Kier alpha value is -3.06. The van der Waals surface area contributed by atoms with E-state index in [9.17, 15) is 9.59 Å². The normalized spacial score (nSPS) is 10.8. The Morgan fingerprint density at radius 3 is 2.26 bits per heavy atom. The molecule has 34 heavy (non-hydrogen) atoms. The number of carbonyl (C=O) groups is 2. The first-order chi connectivity index (χ1) is 16.6. The van der Waals surface area contributed by atoms with Gasteiger partial charge in [-0.3, -0.25) is 9.59 Å². The van der Waals surface area contributed by atoms with Gasteiger partial charge < -0.3 is 15.2 Å². The van der Waals surface area contributed by atoms with Crippen LogP contribution in [0.2, 0.25) is 0 Å². The first-order valence-electron chi connectivity index (χ1n) is 11.9. The lowest BCUT2D eigenvalue weighted by Gasteiger charge is -2.16. The van der Waals surface area contributed by atoms with E-state index in [0.717, 1.165) is 35.4 Å². The van der Waals surface area contributed by atoms with Gasteiger partial charge in [-0.05, 0) is 6.42 Å². The first kappa shape index (κ1) is 25.6. The molecule has 7 heteroatoms. The van der Waals surface area contributed by atoms with Crippen molar-refractivity contribution in [1.29, 1.82) is 0 Å². The molecule has 1 heterocycles. The zero-order chi connectivity index (χ0) is 24.2. The molecule has 0 radical (unpaired) electrons. The summed E-state index contributed by atoms with van der Waals surface area (Å²) < 4.78 is 0. The summed E-state index contributed by atoms with van der Waals surface area (Å²) in [7, 11) is 1.66. The molecule has 1 aromatic heterocycles. The van der Waals surface area contributed by atoms with Crippen LogP contribution in [0.3, 0.4) is 0 Å². The molecule has 6 nitrogen and oxygen atoms in total. The van der Waals surface area contributed by atoms with Crippen molar-refractivity contribution in [3.05, 3.63) is 60.7 Å². The van der Waals surface area contributed by atoms with Crippen molar-refractivity contribution in [2.45, 2.75) is 44.2 Å². The van der Waals surface area contributed by atoms with E-state index < -0.39 is 0 Å². The van der Waals surface area contributed by atoms with Gasteiger partial charge in [-0.25, -0.2) is 4.98 Å². The molecule has 2 aromatic carbocycles. The summed E-state index contributed by atoms with van der Waals surface area (Å²) in [6.45, 7) is 2.91. The van der Waals surface area contributed by atoms with Gasteiger partial charge >= 0.3 is 0 Å². The molecule has 0 aliphatic carbocycles. The SMILES string of the molecule is CCCCCCCNC(=O)CN(C)C(=O)CSc1nc(-c2ccccc2)c(-c2ccccc2)[nH]1. The van der Waals surface area contributed by atoms with Crippen molar-refractivity contribution < 1.29 is 9.59 Å². The molecular formula is C27H34N4O2S. The van der Waals surface area contributed by atoms with Crippen molar-refractivity contribution in [3.63, 3.8) is 0 Å². The third-order valence-electron chi connectivity index (χ3n) is 5.53. The van der Waals surface area contributed by atoms with Gasteiger partial charge in [0.1, 0.15) is 0 Å². The number of amides is 2. The minimum absolute atomic E-state index is 0.0665. The Morgan fingerprint density at radius 1 is 0.941 bits per heavy atom. The number of aromatic amines is 1. The van der Waals surface area contributed by atoms with Crippen LogP contribution in [0.1, 0.15) is 39.0 Å². The van der Waals surface area contributed by atoms with Crippen molar-refractivity contribution in [2.24, 2.45) is 0 Å². The van der Waals surface area contributed by atoms with Crippen LogP contribution >= 0.6 is 11.8 Å². The number of likely N-dealkylation sites (N-methyl/N-ethyl adjacent to an activating group) is 1. The highest BCUT2D eigenvalue weighted by Crippen LogP contribution is 2.32. The van der Waals surface area contributed by atoms with E-state index in [1.165, 1.54) is 35.9 Å². The van der Waals surface area contributed by atoms with Crippen LogP contribution in [0.5, 0.6) is 0 Å². The van der Waals surface area contributed by atoms with Crippen LogP contribution in [-0.4, -0.2) is 52.6 Å². The van der Waals surface area contributed by atoms with Gasteiger partial charge in [-0.2, -0.15) is 0 Å². The molecule has 2 amide bonds. The number of hydrogen-bond donors (Lipinski definition) is 2. The highest BCUT2D eigenvalue weighted by molar-refractivity contribution is 7.99. The fourth-order valence-corrected chi connectivity index (χ4v) is 4.41. The number of benzene rings is 2. The number of hydrogen-bond acceptors (Lipinski definition) is 4. The van der Waals surface area contributed by atoms with E-state index in [0.29, 0.717) is 11.7 Å². The highest BCUT2D eigenvalue weighted by Gasteiger charge is 2.17. The maximum Gasteiger partial charge on any atom is 0.239 e. The quantitative estimate of drug-likeness (QED) is 0.255. The zero-order valence-electron chi connectivity index (χ0n) is 20.0. The zero-order valence-corrected chi connectivity index (χ0v) is 20.9. The molecule has 0 aliphatic rings. The number of nitrogens with one attached hydrogen (secondary N) is 2. The number of nitrogens with zero attached hydrogens (tertiary/aromatic N) is 2. The highest BCUT2D eigenvalue weighted by atomic mass is 32.2. The average Bonchev–Trinajstić information content (AvgIpc) is 3.30. The van der Waals surface area contributed by atoms with Crippen LogP contribution in [-0.2, 0) is 9.59 Å². The first-order valence-corrected chi connectivity index (χ1v) is 12.9. The molecule has 0 saturated heterocycles. The summed E-state index contributed by atoms with van der Waals surface area (Å²) in [5.41, 5.74) is 3.83. The van der Waals surface area contributed by atoms with Crippen LogP contribution in [0.25, 0.3) is 22.5 Å². The van der Waals surface area contributed by atoms with Gasteiger partial charge in [0.2, 0.25) is 11.8 Å². The average molecular weight is 479 g/mol. The van der Waals surface area contributed by atoms with E-state index in [2.05, 4.69) is 17.2 Å². The topological polar surface area (TPSA) is 78.1 Å². The fourth-order valence-electron chi connectivity index (χ4n) is 3.59. The number of rotatable bonds is 13. The monoisotopic (exact) mass is 478 g/mol. The largest absolute Gasteiger partial charge is 0.355 e. The third-order valence-corrected chi connectivity index (χ3v) is 6.39. The van der Waals surface area contributed by atoms with Crippen molar-refractivity contribution in [3.8, 4) is 22.5 Å². The summed E-state index contributed by atoms with van der Waals surface area (Å²) in [5.74, 6) is -0.0226. The second-order valence-corrected chi connectivity index (χ2v) is 9.26.